The predicted octanol–water partition coefficient (Wildman–Crippen LogP) is 5.37. The van der Waals surface area contributed by atoms with Crippen molar-refractivity contribution in [3.8, 4) is 5.75 Å². The van der Waals surface area contributed by atoms with Crippen molar-refractivity contribution < 1.29 is 41.3 Å². The molecular formula is C27H26F3NO6S. The number of aliphatic hydroxyl groups is 1. The number of carboxylic acids is 1. The van der Waals surface area contributed by atoms with Crippen LogP contribution in [-0.2, 0) is 27.4 Å². The molecule has 3 N–H and O–H groups in total. The first kappa shape index (κ1) is 28.7. The highest BCUT2D eigenvalue weighted by atomic mass is 32.2. The normalized spacial score (nSPS) is 12.8. The van der Waals surface area contributed by atoms with E-state index in [1.807, 2.05) is 4.72 Å². The van der Waals surface area contributed by atoms with Crippen LogP contribution in [0.5, 0.6) is 5.75 Å². The maximum absolute atomic E-state index is 13.5. The molecule has 7 nitrogen and oxygen atoms in total. The third-order valence-corrected chi connectivity index (χ3v) is 6.79. The van der Waals surface area contributed by atoms with Crippen molar-refractivity contribution in [1.29, 1.82) is 0 Å². The molecular weight excluding hydrogens is 523 g/mol. The van der Waals surface area contributed by atoms with Gasteiger partial charge < -0.3 is 14.9 Å². The molecule has 3 aromatic rings. The summed E-state index contributed by atoms with van der Waals surface area (Å²) in [6, 6.07) is 17.0. The van der Waals surface area contributed by atoms with Crippen molar-refractivity contribution in [2.24, 2.45) is 0 Å². The highest BCUT2D eigenvalue weighted by molar-refractivity contribution is 7.92. The number of para-hydroxylation sites is 1. The summed E-state index contributed by atoms with van der Waals surface area (Å²) in [6.07, 6.45) is -2.68. The molecule has 0 fully saturated rings. The molecule has 0 saturated heterocycles. The van der Waals surface area contributed by atoms with Gasteiger partial charge in [0.2, 0.25) is 0 Å². The van der Waals surface area contributed by atoms with E-state index in [4.69, 9.17) is 9.84 Å². The second kappa shape index (κ2) is 12.6. The average Bonchev–Trinajstić information content (AvgIpc) is 2.86. The number of sulfonamides is 1. The Bertz CT molecular complexity index is 1380. The molecule has 1 atom stereocenters. The van der Waals surface area contributed by atoms with Gasteiger partial charge in [0, 0.05) is 12.8 Å². The summed E-state index contributed by atoms with van der Waals surface area (Å²) in [6.45, 7) is 0.102. The molecule has 0 heterocycles. The summed E-state index contributed by atoms with van der Waals surface area (Å²) in [5, 5.41) is 19.2. The van der Waals surface area contributed by atoms with E-state index in [1.54, 1.807) is 30.3 Å². The number of nitrogens with one attached hydrogen (secondary N) is 1. The monoisotopic (exact) mass is 549 g/mol. The Labute approximate surface area is 218 Å². The quantitative estimate of drug-likeness (QED) is 0.280. The number of anilines is 1. The fraction of sp³-hybridized carbons (Fsp3) is 0.222. The van der Waals surface area contributed by atoms with Crippen LogP contribution in [0.3, 0.4) is 0 Å². The maximum Gasteiger partial charge on any atom is 0.418 e. The van der Waals surface area contributed by atoms with Gasteiger partial charge in [-0.1, -0.05) is 54.6 Å². The summed E-state index contributed by atoms with van der Waals surface area (Å²) >= 11 is 0. The molecule has 0 aliphatic carbocycles. The van der Waals surface area contributed by atoms with E-state index in [9.17, 15) is 31.5 Å². The van der Waals surface area contributed by atoms with E-state index < -0.39 is 39.5 Å². The lowest BCUT2D eigenvalue weighted by molar-refractivity contribution is -0.137. The maximum atomic E-state index is 13.5. The Balaban J connectivity index is 1.68. The molecule has 0 spiro atoms. The van der Waals surface area contributed by atoms with Gasteiger partial charge in [0.1, 0.15) is 5.75 Å². The highest BCUT2D eigenvalue weighted by Gasteiger charge is 2.34. The summed E-state index contributed by atoms with van der Waals surface area (Å²) in [5.74, 6) is -0.428. The van der Waals surface area contributed by atoms with Crippen LogP contribution in [0.4, 0.5) is 18.9 Å². The zero-order valence-electron chi connectivity index (χ0n) is 20.1. The van der Waals surface area contributed by atoms with Crippen LogP contribution in [0.15, 0.2) is 83.8 Å². The molecule has 3 rings (SSSR count). The number of aliphatic hydroxyl groups excluding tert-OH is 1. The lowest BCUT2D eigenvalue weighted by atomic mass is 10.1. The molecule has 11 heteroatoms. The number of ether oxygens (including phenoxy) is 1. The third kappa shape index (κ3) is 8.35. The van der Waals surface area contributed by atoms with Gasteiger partial charge in [0.25, 0.3) is 10.0 Å². The van der Waals surface area contributed by atoms with Crippen molar-refractivity contribution in [3.05, 3.63) is 95.6 Å². The summed E-state index contributed by atoms with van der Waals surface area (Å²) in [7, 11) is -4.27. The smallest absolute Gasteiger partial charge is 0.418 e. The molecule has 0 amide bonds. The molecule has 202 valence electrons. The van der Waals surface area contributed by atoms with Crippen molar-refractivity contribution in [1.82, 2.24) is 0 Å². The minimum atomic E-state index is -4.80. The van der Waals surface area contributed by atoms with E-state index in [2.05, 4.69) is 0 Å². The van der Waals surface area contributed by atoms with E-state index in [0.29, 0.717) is 5.75 Å². The van der Waals surface area contributed by atoms with E-state index in [0.717, 1.165) is 17.7 Å². The number of benzene rings is 3. The molecule has 3 aromatic carbocycles. The number of carboxylic acid groups (broad SMARTS) is 1. The van der Waals surface area contributed by atoms with Crippen molar-refractivity contribution in [2.75, 3.05) is 11.3 Å². The molecule has 0 bridgehead atoms. The molecule has 0 radical (unpaired) electrons. The zero-order chi connectivity index (χ0) is 27.8. The van der Waals surface area contributed by atoms with E-state index >= 15 is 0 Å². The fourth-order valence-corrected chi connectivity index (χ4v) is 4.59. The predicted molar refractivity (Wildman–Crippen MR) is 136 cm³/mol. The number of aliphatic carboxylic acids is 1. The lowest BCUT2D eigenvalue weighted by Crippen LogP contribution is -2.17. The highest BCUT2D eigenvalue weighted by Crippen LogP contribution is 2.36. The van der Waals surface area contributed by atoms with Gasteiger partial charge in [-0.2, -0.15) is 13.2 Å². The Kier molecular flexibility index (Phi) is 9.54. The summed E-state index contributed by atoms with van der Waals surface area (Å²) in [4.78, 5) is 10.6. The molecule has 0 aliphatic heterocycles. The number of hydrogen-bond donors (Lipinski definition) is 3. The molecule has 0 aromatic heterocycles. The SMILES string of the molecule is O=C(O)CCc1ccccc1OCC[C@@H](O)/C=C/c1ccc(C(F)(F)F)c(NS(=O)(=O)c2ccccc2)c1. The average molecular weight is 550 g/mol. The minimum absolute atomic E-state index is 0.0532. The van der Waals surface area contributed by atoms with E-state index in [-0.39, 0.29) is 36.3 Å². The standard InChI is InChI=1S/C27H26F3NO6S/c28-27(29,30)23-14-11-19(18-24(23)31-38(35,36)22-7-2-1-3-8-22)10-13-21(32)16-17-37-25-9-5-4-6-20(25)12-15-26(33)34/h1-11,13-14,18,21,31-32H,12,15-17H2,(H,33,34)/b13-10+/t21-/m0/s1. The van der Waals surface area contributed by atoms with Crippen LogP contribution >= 0.6 is 0 Å². The second-order valence-corrected chi connectivity index (χ2v) is 9.97. The van der Waals surface area contributed by atoms with Gasteiger partial charge in [0.05, 0.1) is 28.9 Å². The zero-order valence-corrected chi connectivity index (χ0v) is 20.9. The van der Waals surface area contributed by atoms with Crippen molar-refractivity contribution >= 4 is 27.8 Å². The van der Waals surface area contributed by atoms with Crippen LogP contribution in [0.1, 0.15) is 29.5 Å². The van der Waals surface area contributed by atoms with Crippen LogP contribution < -0.4 is 9.46 Å². The van der Waals surface area contributed by atoms with Crippen LogP contribution in [0, 0.1) is 0 Å². The molecule has 0 saturated carbocycles. The molecule has 38 heavy (non-hydrogen) atoms. The minimum Gasteiger partial charge on any atom is -0.493 e. The van der Waals surface area contributed by atoms with Gasteiger partial charge in [0.15, 0.2) is 0 Å². The Morgan fingerprint density at radius 1 is 1.03 bits per heavy atom. The fourth-order valence-electron chi connectivity index (χ4n) is 3.50. The van der Waals surface area contributed by atoms with Crippen molar-refractivity contribution in [3.63, 3.8) is 0 Å². The third-order valence-electron chi connectivity index (χ3n) is 5.41. The number of carbonyl (C=O) groups is 1. The summed E-state index contributed by atoms with van der Waals surface area (Å²) < 4.78 is 73.5. The van der Waals surface area contributed by atoms with Crippen molar-refractivity contribution in [2.45, 2.75) is 36.4 Å². The molecule has 0 unspecified atom stereocenters. The summed E-state index contributed by atoms with van der Waals surface area (Å²) in [5.41, 5.74) is -0.832. The van der Waals surface area contributed by atoms with Gasteiger partial charge in [-0.25, -0.2) is 8.42 Å². The molecule has 0 aliphatic rings. The van der Waals surface area contributed by atoms with Crippen LogP contribution in [0.25, 0.3) is 6.08 Å². The second-order valence-electron chi connectivity index (χ2n) is 8.29. The first-order valence-electron chi connectivity index (χ1n) is 11.5. The van der Waals surface area contributed by atoms with E-state index in [1.165, 1.54) is 42.5 Å². The topological polar surface area (TPSA) is 113 Å². The number of alkyl halides is 3. The van der Waals surface area contributed by atoms with Crippen LogP contribution in [-0.4, -0.2) is 37.3 Å². The largest absolute Gasteiger partial charge is 0.493 e. The Morgan fingerprint density at radius 2 is 1.71 bits per heavy atom. The Hall–Kier alpha value is -3.83. The number of halogens is 3. The number of aryl methyl sites for hydroxylation is 1. The van der Waals surface area contributed by atoms with Gasteiger partial charge in [-0.3, -0.25) is 9.52 Å². The van der Waals surface area contributed by atoms with Gasteiger partial charge in [-0.15, -0.1) is 0 Å². The van der Waals surface area contributed by atoms with Crippen LogP contribution in [0.2, 0.25) is 0 Å². The first-order valence-corrected chi connectivity index (χ1v) is 13.0. The first-order chi connectivity index (χ1) is 18.0. The number of rotatable bonds is 12. The Morgan fingerprint density at radius 3 is 2.39 bits per heavy atom. The van der Waals surface area contributed by atoms with Gasteiger partial charge in [-0.05, 0) is 47.9 Å². The lowest BCUT2D eigenvalue weighted by Gasteiger charge is -2.16. The number of hydrogen-bond acceptors (Lipinski definition) is 5. The van der Waals surface area contributed by atoms with Gasteiger partial charge >= 0.3 is 12.1 Å².